The number of nitrogens with zero attached hydrogens (tertiary/aromatic N) is 4. The van der Waals surface area contributed by atoms with Gasteiger partial charge in [-0.3, -0.25) is 18.2 Å². The van der Waals surface area contributed by atoms with E-state index in [1.54, 1.807) is 0 Å². The molecule has 5 aromatic carbocycles. The summed E-state index contributed by atoms with van der Waals surface area (Å²) in [7, 11) is -20.0. The molecule has 0 aromatic heterocycles. The summed E-state index contributed by atoms with van der Waals surface area (Å²) in [5, 5.41) is 57.2. The zero-order chi connectivity index (χ0) is 42.9. The Morgan fingerprint density at radius 2 is 1.07 bits per heavy atom. The third kappa shape index (κ3) is 8.03. The number of aliphatic hydroxyl groups excluding tert-OH is 1. The summed E-state index contributed by atoms with van der Waals surface area (Å²) in [6.07, 6.45) is 2.49. The summed E-state index contributed by atoms with van der Waals surface area (Å²) in [6.45, 7) is 0. The number of azo groups is 2. The number of benzene rings is 5. The number of anilines is 2. The van der Waals surface area contributed by atoms with Crippen LogP contribution in [0.5, 0.6) is 17.2 Å². The van der Waals surface area contributed by atoms with Crippen LogP contribution in [0.3, 0.4) is 0 Å². The summed E-state index contributed by atoms with van der Waals surface area (Å²) in [4.78, 5) is -3.53. The van der Waals surface area contributed by atoms with Crippen LogP contribution in [0.15, 0.2) is 113 Å². The number of hydrogen-bond donors (Lipinski definition) is 10. The van der Waals surface area contributed by atoms with Crippen molar-refractivity contribution in [3.63, 3.8) is 0 Å². The second-order valence-corrected chi connectivity index (χ2v) is 18.0. The Hall–Kier alpha value is -6.10. The number of phenolic OH excluding ortho intramolecular Hbond substituents is 3. The van der Waals surface area contributed by atoms with Crippen molar-refractivity contribution in [1.29, 1.82) is 0 Å². The molecule has 0 fully saturated rings. The molecule has 0 aliphatic heterocycles. The van der Waals surface area contributed by atoms with Gasteiger partial charge >= 0.3 is 0 Å². The van der Waals surface area contributed by atoms with Crippen molar-refractivity contribution in [2.24, 2.45) is 20.5 Å². The van der Waals surface area contributed by atoms with E-state index in [9.17, 15) is 72.3 Å². The van der Waals surface area contributed by atoms with Crippen molar-refractivity contribution in [2.45, 2.75) is 31.7 Å². The fourth-order valence-electron chi connectivity index (χ4n) is 5.84. The first-order valence-corrected chi connectivity index (χ1v) is 21.3. The first-order valence-electron chi connectivity index (χ1n) is 15.6. The van der Waals surface area contributed by atoms with Crippen molar-refractivity contribution in [2.75, 3.05) is 11.5 Å². The number of aromatic hydroxyl groups is 3. The molecule has 0 heterocycles. The predicted octanol–water partition coefficient (Wildman–Crippen LogP) is 4.14. The molecule has 22 nitrogen and oxygen atoms in total. The highest BCUT2D eigenvalue weighted by Gasteiger charge is 2.27. The zero-order valence-electron chi connectivity index (χ0n) is 28.5. The normalized spacial score (nSPS) is 16.8. The molecule has 2 unspecified atom stereocenters. The van der Waals surface area contributed by atoms with E-state index in [0.29, 0.717) is 0 Å². The van der Waals surface area contributed by atoms with Gasteiger partial charge in [-0.1, -0.05) is 18.2 Å². The van der Waals surface area contributed by atoms with Crippen LogP contribution in [-0.2, 0) is 40.5 Å². The third-order valence-corrected chi connectivity index (χ3v) is 11.9. The van der Waals surface area contributed by atoms with Crippen molar-refractivity contribution in [3.05, 3.63) is 78.4 Å². The highest BCUT2D eigenvalue weighted by molar-refractivity contribution is 7.86. The van der Waals surface area contributed by atoms with E-state index in [-0.39, 0.29) is 38.4 Å². The van der Waals surface area contributed by atoms with E-state index < -0.39 is 112 Å². The molecular weight excluding hydrogens is 853 g/mol. The first-order chi connectivity index (χ1) is 26.8. The monoisotopic (exact) mass is 878 g/mol. The number of aliphatic hydroxyl groups is 1. The molecule has 5 aromatic rings. The van der Waals surface area contributed by atoms with Crippen LogP contribution in [0, 0.1) is 0 Å². The van der Waals surface area contributed by atoms with Crippen molar-refractivity contribution in [1.82, 2.24) is 0 Å². The Kier molecular flexibility index (Phi) is 10.3. The largest absolute Gasteiger partial charge is 0.506 e. The maximum Gasteiger partial charge on any atom is 0.296 e. The van der Waals surface area contributed by atoms with Gasteiger partial charge < -0.3 is 31.9 Å². The lowest BCUT2D eigenvalue weighted by atomic mass is 9.95. The number of nitrogen functional groups attached to an aromatic ring is 2. The first kappa shape index (κ1) is 41.5. The molecule has 0 amide bonds. The predicted molar refractivity (Wildman–Crippen MR) is 203 cm³/mol. The smallest absolute Gasteiger partial charge is 0.296 e. The van der Waals surface area contributed by atoms with E-state index in [0.717, 1.165) is 42.5 Å². The van der Waals surface area contributed by atoms with Gasteiger partial charge in [0.2, 0.25) is 0 Å². The maximum atomic E-state index is 12.2. The SMILES string of the molecule is Nc1cc(S(=O)(=O)O)cc2cc(S(=O)(=O)O)c(N=Nc3ccc(C4=CC(O)C(N=Nc5c(S(=O)(=O)O)cc6cc(S(=O)(=O)O)cc(N)c6c5O)C=C4)cc3O)c(O)c12. The molecule has 0 radical (unpaired) electrons. The Morgan fingerprint density at radius 1 is 0.586 bits per heavy atom. The van der Waals surface area contributed by atoms with E-state index >= 15 is 0 Å². The Morgan fingerprint density at radius 3 is 1.50 bits per heavy atom. The molecule has 1 aliphatic carbocycles. The molecule has 2 atom stereocenters. The van der Waals surface area contributed by atoms with E-state index in [1.165, 1.54) is 30.4 Å². The molecule has 58 heavy (non-hydrogen) atoms. The average Bonchev–Trinajstić information content (AvgIpc) is 3.09. The molecule has 6 rings (SSSR count). The summed E-state index contributed by atoms with van der Waals surface area (Å²) >= 11 is 0. The highest BCUT2D eigenvalue weighted by Crippen LogP contribution is 2.46. The van der Waals surface area contributed by atoms with Gasteiger partial charge in [0.15, 0.2) is 11.5 Å². The molecule has 0 saturated heterocycles. The Labute approximate surface area is 326 Å². The second-order valence-electron chi connectivity index (χ2n) is 12.3. The van der Waals surface area contributed by atoms with Crippen LogP contribution >= 0.6 is 0 Å². The van der Waals surface area contributed by atoms with Crippen LogP contribution in [0.25, 0.3) is 27.1 Å². The van der Waals surface area contributed by atoms with Crippen LogP contribution in [0.2, 0.25) is 0 Å². The van der Waals surface area contributed by atoms with Gasteiger partial charge in [0, 0.05) is 22.1 Å². The van der Waals surface area contributed by atoms with Crippen molar-refractivity contribution in [3.8, 4) is 17.2 Å². The van der Waals surface area contributed by atoms with Gasteiger partial charge in [-0.2, -0.15) is 38.8 Å². The van der Waals surface area contributed by atoms with Crippen molar-refractivity contribution >= 4 is 96.0 Å². The average molecular weight is 879 g/mol. The van der Waals surface area contributed by atoms with Gasteiger partial charge in [-0.25, -0.2) is 0 Å². The number of rotatable bonds is 9. The minimum Gasteiger partial charge on any atom is -0.506 e. The summed E-state index contributed by atoms with van der Waals surface area (Å²) in [5.41, 5.74) is 9.47. The summed E-state index contributed by atoms with van der Waals surface area (Å²) < 4.78 is 134. The van der Waals surface area contributed by atoms with Crippen molar-refractivity contribution < 1.29 is 72.3 Å². The van der Waals surface area contributed by atoms with Crippen LogP contribution < -0.4 is 11.5 Å². The lowest BCUT2D eigenvalue weighted by Crippen LogP contribution is -2.22. The van der Waals surface area contributed by atoms with E-state index in [1.807, 2.05) is 0 Å². The maximum absolute atomic E-state index is 12.2. The number of allylic oxidation sites excluding steroid dienone is 2. The lowest BCUT2D eigenvalue weighted by molar-refractivity contribution is 0.206. The molecule has 0 bridgehead atoms. The number of nitrogens with two attached hydrogens (primary N) is 2. The minimum absolute atomic E-state index is 0.261. The van der Waals surface area contributed by atoms with Crippen LogP contribution in [0.1, 0.15) is 5.56 Å². The topological polar surface area (TPSA) is 400 Å². The second kappa shape index (κ2) is 14.4. The van der Waals surface area contributed by atoms with E-state index in [2.05, 4.69) is 20.5 Å². The number of fused-ring (bicyclic) bond motifs is 2. The molecule has 0 spiro atoms. The Balaban J connectivity index is 1.29. The van der Waals surface area contributed by atoms with Gasteiger partial charge in [0.1, 0.15) is 44.7 Å². The minimum atomic E-state index is -5.17. The molecular formula is C32H26N6O16S4. The third-order valence-electron chi connectivity index (χ3n) is 8.49. The Bertz CT molecular complexity index is 3200. The van der Waals surface area contributed by atoms with Crippen LogP contribution in [-0.4, -0.2) is 84.5 Å². The zero-order valence-corrected chi connectivity index (χ0v) is 31.8. The fraction of sp³-hybridized carbons (Fsp3) is 0.0625. The van der Waals surface area contributed by atoms with Gasteiger partial charge in [0.25, 0.3) is 40.5 Å². The molecule has 1 aliphatic rings. The molecule has 304 valence electrons. The van der Waals surface area contributed by atoms with Crippen LogP contribution in [0.4, 0.5) is 28.4 Å². The quantitative estimate of drug-likeness (QED) is 0.0565. The lowest BCUT2D eigenvalue weighted by Gasteiger charge is -2.18. The molecule has 26 heteroatoms. The highest BCUT2D eigenvalue weighted by atomic mass is 32.2. The van der Waals surface area contributed by atoms with E-state index in [4.69, 9.17) is 11.5 Å². The molecule has 0 saturated carbocycles. The molecule has 12 N–H and O–H groups in total. The number of phenols is 3. The van der Waals surface area contributed by atoms with Gasteiger partial charge in [-0.05, 0) is 76.5 Å². The number of hydrogen-bond acceptors (Lipinski definition) is 18. The standard InChI is InChI=1S/C32H26N6O16S4/c33-19-11-17(55(43,44)45)5-15-9-25(57(49,50)51)29(31(41)27(15)19)37-35-21-3-1-13(7-23(21)39)14-2-4-22(24(40)8-14)36-38-30-26(58(52,53)54)10-16-6-18(56(46,47)48)12-20(34)28(16)32(30)42/h1-12,21,23,39-42H,33-34H2,(H,43,44,45)(H,46,47,48)(H,49,50,51)(H,52,53,54). The summed E-state index contributed by atoms with van der Waals surface area (Å²) in [6, 6.07) is 7.12. The van der Waals surface area contributed by atoms with Gasteiger partial charge in [0.05, 0.1) is 9.79 Å². The summed E-state index contributed by atoms with van der Waals surface area (Å²) in [5.74, 6) is -2.45. The van der Waals surface area contributed by atoms with Gasteiger partial charge in [-0.15, -0.1) is 15.3 Å². The fourth-order valence-corrected chi connectivity index (χ4v) is 8.26.